The summed E-state index contributed by atoms with van der Waals surface area (Å²) in [6.07, 6.45) is 2.51. The number of hydrogen-bond donors (Lipinski definition) is 1. The van der Waals surface area contributed by atoms with Crippen molar-refractivity contribution in [3.05, 3.63) is 75.5 Å². The van der Waals surface area contributed by atoms with E-state index in [9.17, 15) is 4.79 Å². The van der Waals surface area contributed by atoms with E-state index in [-0.39, 0.29) is 24.8 Å². The molecule has 0 amide bonds. The second kappa shape index (κ2) is 11.2. The Morgan fingerprint density at radius 1 is 1.22 bits per heavy atom. The smallest absolute Gasteiger partial charge is 0.339 e. The number of halogens is 1. The van der Waals surface area contributed by atoms with Crippen molar-refractivity contribution in [2.75, 3.05) is 13.3 Å². The van der Waals surface area contributed by atoms with Crippen molar-refractivity contribution < 1.29 is 14.3 Å². The molecule has 0 radical (unpaired) electrons. The third-order valence-corrected chi connectivity index (χ3v) is 6.11. The van der Waals surface area contributed by atoms with Crippen LogP contribution in [0, 0.1) is 13.8 Å². The molecule has 1 N–H and O–H groups in total. The van der Waals surface area contributed by atoms with Gasteiger partial charge in [0.05, 0.1) is 29.0 Å². The van der Waals surface area contributed by atoms with E-state index in [1.165, 1.54) is 5.56 Å². The summed E-state index contributed by atoms with van der Waals surface area (Å²) in [5.41, 5.74) is 2.87. The van der Waals surface area contributed by atoms with E-state index < -0.39 is 0 Å². The fraction of sp³-hybridized carbons (Fsp3) is 0.360. The fourth-order valence-electron chi connectivity index (χ4n) is 3.47. The summed E-state index contributed by atoms with van der Waals surface area (Å²) >= 11 is 3.69. The Labute approximate surface area is 198 Å². The van der Waals surface area contributed by atoms with Crippen molar-refractivity contribution in [3.8, 4) is 5.75 Å². The predicted molar refractivity (Wildman–Crippen MR) is 131 cm³/mol. The van der Waals surface area contributed by atoms with Crippen molar-refractivity contribution >= 4 is 28.2 Å². The van der Waals surface area contributed by atoms with Crippen molar-refractivity contribution in [1.82, 2.24) is 10.2 Å². The summed E-state index contributed by atoms with van der Waals surface area (Å²) in [4.78, 5) is 18.7. The molecule has 0 bridgehead atoms. The van der Waals surface area contributed by atoms with E-state index in [0.717, 1.165) is 28.0 Å². The lowest BCUT2D eigenvalue weighted by atomic mass is 10.1. The van der Waals surface area contributed by atoms with Crippen LogP contribution in [0.15, 0.2) is 63.8 Å². The molecule has 3 rings (SSSR count). The van der Waals surface area contributed by atoms with Crippen molar-refractivity contribution in [2.45, 2.75) is 46.3 Å². The number of nitrogens with one attached hydrogen (secondary N) is 1. The van der Waals surface area contributed by atoms with Gasteiger partial charge in [0.1, 0.15) is 17.7 Å². The summed E-state index contributed by atoms with van der Waals surface area (Å²) in [5.74, 6) is 1.30. The largest absolute Gasteiger partial charge is 0.489 e. The summed E-state index contributed by atoms with van der Waals surface area (Å²) in [6.45, 7) is 8.97. The van der Waals surface area contributed by atoms with Gasteiger partial charge in [-0.25, -0.2) is 9.79 Å². The average molecular weight is 500 g/mol. The number of nitrogens with zero attached hydrogens (tertiary/aromatic N) is 2. The minimum Gasteiger partial charge on any atom is -0.489 e. The van der Waals surface area contributed by atoms with Gasteiger partial charge in [-0.05, 0) is 66.9 Å². The highest BCUT2D eigenvalue weighted by Gasteiger charge is 2.25. The van der Waals surface area contributed by atoms with Crippen LogP contribution in [0.25, 0.3) is 0 Å². The van der Waals surface area contributed by atoms with Gasteiger partial charge in [0, 0.05) is 0 Å². The molecule has 0 aromatic heterocycles. The topological polar surface area (TPSA) is 63.2 Å². The quantitative estimate of drug-likeness (QED) is 0.482. The standard InChI is InChI=1S/C25H30BrN3O3/c1-5-21-23(26)24(27-14-19(4)32-22-12-11-17(2)13-18(22)3)28-15-29(21)16-31-25(30)20-9-7-6-8-10-20/h6-13,15,19,21,27H,5,14,16H2,1-4H3. The maximum absolute atomic E-state index is 12.3. The highest BCUT2D eigenvalue weighted by Crippen LogP contribution is 2.26. The van der Waals surface area contributed by atoms with Crippen LogP contribution in [0.3, 0.4) is 0 Å². The van der Waals surface area contributed by atoms with E-state index in [0.29, 0.717) is 12.1 Å². The second-order valence-electron chi connectivity index (χ2n) is 7.88. The SMILES string of the molecule is CCC1C(Br)=C(NCC(C)Oc2ccc(C)cc2C)N=CN1COC(=O)c1ccccc1. The summed E-state index contributed by atoms with van der Waals surface area (Å²) < 4.78 is 12.5. The zero-order chi connectivity index (χ0) is 23.1. The van der Waals surface area contributed by atoms with Crippen LogP contribution < -0.4 is 10.1 Å². The van der Waals surface area contributed by atoms with E-state index in [1.807, 2.05) is 36.1 Å². The molecule has 1 aliphatic heterocycles. The maximum Gasteiger partial charge on any atom is 0.339 e. The molecule has 2 aromatic carbocycles. The number of aliphatic imine (C=N–C) groups is 1. The molecule has 32 heavy (non-hydrogen) atoms. The molecule has 0 saturated carbocycles. The van der Waals surface area contributed by atoms with Crippen LogP contribution >= 0.6 is 15.9 Å². The molecule has 7 heteroatoms. The molecule has 0 aliphatic carbocycles. The van der Waals surface area contributed by atoms with Gasteiger partial charge >= 0.3 is 5.97 Å². The first kappa shape index (κ1) is 23.9. The lowest BCUT2D eigenvalue weighted by molar-refractivity contribution is 0.0316. The lowest BCUT2D eigenvalue weighted by Crippen LogP contribution is -2.41. The van der Waals surface area contributed by atoms with Crippen LogP contribution in [0.4, 0.5) is 0 Å². The Balaban J connectivity index is 1.55. The zero-order valence-electron chi connectivity index (χ0n) is 19.0. The van der Waals surface area contributed by atoms with Gasteiger partial charge in [0.25, 0.3) is 0 Å². The third kappa shape index (κ3) is 6.13. The molecular weight excluding hydrogens is 470 g/mol. The van der Waals surface area contributed by atoms with Gasteiger partial charge in [0.2, 0.25) is 0 Å². The number of aryl methyl sites for hydroxylation is 2. The predicted octanol–water partition coefficient (Wildman–Crippen LogP) is 5.16. The zero-order valence-corrected chi connectivity index (χ0v) is 20.6. The Bertz CT molecular complexity index is 991. The van der Waals surface area contributed by atoms with E-state index >= 15 is 0 Å². The maximum atomic E-state index is 12.3. The van der Waals surface area contributed by atoms with Crippen LogP contribution in [-0.2, 0) is 4.74 Å². The van der Waals surface area contributed by atoms with Crippen molar-refractivity contribution in [1.29, 1.82) is 0 Å². The van der Waals surface area contributed by atoms with Crippen LogP contribution in [0.5, 0.6) is 5.75 Å². The average Bonchev–Trinajstić information content (AvgIpc) is 2.79. The molecule has 1 aliphatic rings. The number of benzene rings is 2. The Morgan fingerprint density at radius 3 is 2.66 bits per heavy atom. The summed E-state index contributed by atoms with van der Waals surface area (Å²) in [6, 6.07) is 15.2. The minimum atomic E-state index is -0.352. The number of ether oxygens (including phenoxy) is 2. The van der Waals surface area contributed by atoms with Gasteiger partial charge in [-0.3, -0.25) is 0 Å². The first-order valence-electron chi connectivity index (χ1n) is 10.8. The monoisotopic (exact) mass is 499 g/mol. The molecule has 6 nitrogen and oxygen atoms in total. The number of carbonyl (C=O) groups excluding carboxylic acids is 1. The number of carbonyl (C=O) groups is 1. The molecule has 0 fully saturated rings. The molecule has 2 unspecified atom stereocenters. The second-order valence-corrected chi connectivity index (χ2v) is 8.74. The molecule has 0 spiro atoms. The van der Waals surface area contributed by atoms with Crippen molar-refractivity contribution in [2.24, 2.45) is 4.99 Å². The van der Waals surface area contributed by atoms with E-state index in [2.05, 4.69) is 59.1 Å². The lowest BCUT2D eigenvalue weighted by Gasteiger charge is -2.32. The Morgan fingerprint density at radius 2 is 1.97 bits per heavy atom. The van der Waals surface area contributed by atoms with Crippen LogP contribution in [0.1, 0.15) is 41.8 Å². The molecule has 1 heterocycles. The van der Waals surface area contributed by atoms with Gasteiger partial charge in [-0.2, -0.15) is 0 Å². The molecule has 2 atom stereocenters. The minimum absolute atomic E-state index is 0.0224. The van der Waals surface area contributed by atoms with Gasteiger partial charge in [-0.1, -0.05) is 42.8 Å². The third-order valence-electron chi connectivity index (χ3n) is 5.21. The number of rotatable bonds is 9. The number of esters is 1. The van der Waals surface area contributed by atoms with E-state index in [1.54, 1.807) is 18.5 Å². The summed E-state index contributed by atoms with van der Waals surface area (Å²) in [5, 5.41) is 3.37. The number of hydrogen-bond acceptors (Lipinski definition) is 6. The first-order valence-corrected chi connectivity index (χ1v) is 11.6. The highest BCUT2D eigenvalue weighted by molar-refractivity contribution is 9.11. The van der Waals surface area contributed by atoms with E-state index in [4.69, 9.17) is 9.47 Å². The van der Waals surface area contributed by atoms with Crippen molar-refractivity contribution in [3.63, 3.8) is 0 Å². The molecule has 2 aromatic rings. The highest BCUT2D eigenvalue weighted by atomic mass is 79.9. The first-order chi connectivity index (χ1) is 15.4. The molecular formula is C25H30BrN3O3. The summed E-state index contributed by atoms with van der Waals surface area (Å²) in [7, 11) is 0. The van der Waals surface area contributed by atoms with Gasteiger partial charge in [-0.15, -0.1) is 0 Å². The van der Waals surface area contributed by atoms with Gasteiger partial charge < -0.3 is 19.7 Å². The van der Waals surface area contributed by atoms with Crippen LogP contribution in [0.2, 0.25) is 0 Å². The molecule has 0 saturated heterocycles. The van der Waals surface area contributed by atoms with Crippen LogP contribution in [-0.4, -0.2) is 42.6 Å². The fourth-order valence-corrected chi connectivity index (χ4v) is 4.29. The normalized spacial score (nSPS) is 16.7. The Hall–Kier alpha value is -2.80. The Kier molecular flexibility index (Phi) is 8.33. The van der Waals surface area contributed by atoms with Gasteiger partial charge in [0.15, 0.2) is 6.73 Å². The molecule has 170 valence electrons.